The second-order valence-corrected chi connectivity index (χ2v) is 11.3. The molecule has 1 aliphatic rings. The van der Waals surface area contributed by atoms with Gasteiger partial charge in [0.1, 0.15) is 17.7 Å². The molecule has 4 aromatic rings. The molecule has 0 saturated carbocycles. The van der Waals surface area contributed by atoms with Crippen LogP contribution < -0.4 is 16.0 Å². The third-order valence-corrected chi connectivity index (χ3v) is 8.58. The van der Waals surface area contributed by atoms with Crippen LogP contribution in [-0.2, 0) is 9.84 Å². The average molecular weight is 503 g/mol. The van der Waals surface area contributed by atoms with Gasteiger partial charge in [-0.2, -0.15) is 0 Å². The second kappa shape index (κ2) is 8.13. The lowest BCUT2D eigenvalue weighted by molar-refractivity contribution is 0.0942. The summed E-state index contributed by atoms with van der Waals surface area (Å²) in [5.74, 6) is 0.415. The van der Waals surface area contributed by atoms with Gasteiger partial charge in [-0.1, -0.05) is 11.6 Å². The molecule has 1 aliphatic heterocycles. The standard InChI is InChI=1S/C21H23ClN8O3S/c1-12-10-28(6-7-34(12,32)33)21-14(8-15(22)16-9-24-11-29(16)21)13(2)26-20(31)17-18(23)27-30-5-3-4-25-19(17)30/h3-5,8-9,11-13H,6-7,10H2,1-2H3,(H2,23,27)(H,26,31)/t12-,13-/m0/s1. The summed E-state index contributed by atoms with van der Waals surface area (Å²) in [6.07, 6.45) is 6.51. The molecule has 5 rings (SSSR count). The Morgan fingerprint density at radius 1 is 1.38 bits per heavy atom. The highest BCUT2D eigenvalue weighted by atomic mass is 35.5. The summed E-state index contributed by atoms with van der Waals surface area (Å²) in [6.45, 7) is 4.17. The Morgan fingerprint density at radius 3 is 2.94 bits per heavy atom. The maximum atomic E-state index is 13.2. The van der Waals surface area contributed by atoms with E-state index in [9.17, 15) is 13.2 Å². The van der Waals surface area contributed by atoms with Gasteiger partial charge >= 0.3 is 0 Å². The molecule has 0 bridgehead atoms. The van der Waals surface area contributed by atoms with Crippen LogP contribution in [0, 0.1) is 0 Å². The number of fused-ring (bicyclic) bond motifs is 2. The number of nitrogens with one attached hydrogen (secondary N) is 1. The maximum absolute atomic E-state index is 13.2. The fraction of sp³-hybridized carbons (Fsp3) is 0.333. The van der Waals surface area contributed by atoms with Crippen LogP contribution in [0.2, 0.25) is 5.02 Å². The molecular weight excluding hydrogens is 480 g/mol. The topological polar surface area (TPSA) is 140 Å². The first-order valence-corrected chi connectivity index (χ1v) is 12.8. The van der Waals surface area contributed by atoms with Gasteiger partial charge in [0.15, 0.2) is 21.3 Å². The first-order valence-electron chi connectivity index (χ1n) is 10.7. The van der Waals surface area contributed by atoms with Gasteiger partial charge < -0.3 is 16.0 Å². The number of carbonyl (C=O) groups is 1. The van der Waals surface area contributed by atoms with Crippen LogP contribution in [0.5, 0.6) is 0 Å². The number of aromatic nitrogens is 5. The largest absolute Gasteiger partial charge is 0.381 e. The Bertz CT molecular complexity index is 1530. The SMILES string of the molecule is C[C@H](NC(=O)c1c(N)nn2cccnc12)c1cc(Cl)c2cncn2c1N1CCS(=O)(=O)[C@@H](C)C1. The summed E-state index contributed by atoms with van der Waals surface area (Å²) >= 11 is 6.54. The van der Waals surface area contributed by atoms with Crippen LogP contribution >= 0.6 is 11.6 Å². The molecule has 0 aromatic carbocycles. The summed E-state index contributed by atoms with van der Waals surface area (Å²) in [5.41, 5.74) is 7.95. The van der Waals surface area contributed by atoms with Crippen molar-refractivity contribution in [1.82, 2.24) is 29.3 Å². The Hall–Kier alpha value is -3.38. The van der Waals surface area contributed by atoms with Crippen LogP contribution in [0.3, 0.4) is 0 Å². The number of imidazole rings is 1. The molecule has 2 atom stereocenters. The van der Waals surface area contributed by atoms with E-state index >= 15 is 0 Å². The lowest BCUT2D eigenvalue weighted by Gasteiger charge is -2.35. The number of hydrogen-bond donors (Lipinski definition) is 2. The number of halogens is 1. The molecule has 3 N–H and O–H groups in total. The molecule has 178 valence electrons. The number of carbonyl (C=O) groups excluding carboxylic acids is 1. The zero-order valence-electron chi connectivity index (χ0n) is 18.5. The molecule has 4 aromatic heterocycles. The third kappa shape index (κ3) is 3.62. The van der Waals surface area contributed by atoms with Gasteiger partial charge in [0, 0.05) is 31.0 Å². The molecule has 0 aliphatic carbocycles. The van der Waals surface area contributed by atoms with Gasteiger partial charge in [0.2, 0.25) is 0 Å². The lowest BCUT2D eigenvalue weighted by atomic mass is 10.1. The number of hydrogen-bond acceptors (Lipinski definition) is 8. The first kappa shape index (κ1) is 22.4. The zero-order chi connectivity index (χ0) is 24.2. The molecule has 1 amide bonds. The van der Waals surface area contributed by atoms with Crippen molar-refractivity contribution in [1.29, 1.82) is 0 Å². The number of nitrogens with zero attached hydrogens (tertiary/aromatic N) is 6. The minimum absolute atomic E-state index is 0.0394. The molecule has 1 saturated heterocycles. The summed E-state index contributed by atoms with van der Waals surface area (Å²) in [7, 11) is -3.15. The van der Waals surface area contributed by atoms with Crippen molar-refractivity contribution in [2.24, 2.45) is 0 Å². The Labute approximate surface area is 200 Å². The smallest absolute Gasteiger partial charge is 0.259 e. The van der Waals surface area contributed by atoms with Crippen molar-refractivity contribution in [3.05, 3.63) is 53.2 Å². The predicted molar refractivity (Wildman–Crippen MR) is 129 cm³/mol. The molecule has 34 heavy (non-hydrogen) atoms. The maximum Gasteiger partial charge on any atom is 0.259 e. The van der Waals surface area contributed by atoms with E-state index < -0.39 is 27.0 Å². The van der Waals surface area contributed by atoms with E-state index in [0.29, 0.717) is 29.3 Å². The van der Waals surface area contributed by atoms with Gasteiger partial charge in [-0.05, 0) is 26.0 Å². The van der Waals surface area contributed by atoms with Gasteiger partial charge in [-0.3, -0.25) is 9.20 Å². The van der Waals surface area contributed by atoms with Crippen molar-refractivity contribution < 1.29 is 13.2 Å². The van der Waals surface area contributed by atoms with Gasteiger partial charge in [0.05, 0.1) is 33.8 Å². The van der Waals surface area contributed by atoms with Crippen molar-refractivity contribution in [3.63, 3.8) is 0 Å². The summed E-state index contributed by atoms with van der Waals surface area (Å²) in [6, 6.07) is 2.97. The van der Waals surface area contributed by atoms with Crippen LogP contribution in [0.15, 0.2) is 37.1 Å². The van der Waals surface area contributed by atoms with E-state index in [2.05, 4.69) is 20.4 Å². The van der Waals surface area contributed by atoms with Crippen LogP contribution in [0.25, 0.3) is 11.2 Å². The fourth-order valence-corrected chi connectivity index (χ4v) is 5.86. The van der Waals surface area contributed by atoms with E-state index in [0.717, 1.165) is 11.4 Å². The van der Waals surface area contributed by atoms with Crippen LogP contribution in [-0.4, -0.2) is 62.4 Å². The number of rotatable bonds is 4. The van der Waals surface area contributed by atoms with Crippen molar-refractivity contribution in [2.75, 3.05) is 29.5 Å². The minimum Gasteiger partial charge on any atom is -0.381 e. The quantitative estimate of drug-likeness (QED) is 0.430. The monoisotopic (exact) mass is 502 g/mol. The van der Waals surface area contributed by atoms with Gasteiger partial charge in [0.25, 0.3) is 5.91 Å². The van der Waals surface area contributed by atoms with Gasteiger partial charge in [-0.15, -0.1) is 5.10 Å². The minimum atomic E-state index is -3.15. The number of nitrogen functional groups attached to an aromatic ring is 1. The molecule has 0 unspecified atom stereocenters. The number of amides is 1. The van der Waals surface area contributed by atoms with E-state index in [1.54, 1.807) is 44.0 Å². The highest BCUT2D eigenvalue weighted by molar-refractivity contribution is 7.92. The van der Waals surface area contributed by atoms with Crippen molar-refractivity contribution >= 4 is 50.1 Å². The van der Waals surface area contributed by atoms with E-state index in [1.807, 2.05) is 16.2 Å². The normalized spacial score (nSPS) is 18.9. The summed E-state index contributed by atoms with van der Waals surface area (Å²) in [5, 5.41) is 7.06. The zero-order valence-corrected chi connectivity index (χ0v) is 20.1. The van der Waals surface area contributed by atoms with E-state index in [1.165, 1.54) is 4.52 Å². The summed E-state index contributed by atoms with van der Waals surface area (Å²) in [4.78, 5) is 23.7. The van der Waals surface area contributed by atoms with Crippen LogP contribution in [0.4, 0.5) is 11.6 Å². The Balaban J connectivity index is 1.55. The highest BCUT2D eigenvalue weighted by Crippen LogP contribution is 2.34. The van der Waals surface area contributed by atoms with E-state index in [-0.39, 0.29) is 17.1 Å². The van der Waals surface area contributed by atoms with Gasteiger partial charge in [-0.25, -0.2) is 22.9 Å². The van der Waals surface area contributed by atoms with Crippen molar-refractivity contribution in [3.8, 4) is 0 Å². The van der Waals surface area contributed by atoms with E-state index in [4.69, 9.17) is 17.3 Å². The Morgan fingerprint density at radius 2 is 2.18 bits per heavy atom. The molecule has 13 heteroatoms. The Kier molecular flexibility index (Phi) is 5.36. The number of pyridine rings is 1. The molecule has 0 spiro atoms. The molecular formula is C21H23ClN8O3S. The fourth-order valence-electron chi connectivity index (χ4n) is 4.32. The summed E-state index contributed by atoms with van der Waals surface area (Å²) < 4.78 is 27.9. The lowest BCUT2D eigenvalue weighted by Crippen LogP contribution is -2.46. The average Bonchev–Trinajstić information content (AvgIpc) is 3.40. The van der Waals surface area contributed by atoms with Crippen LogP contribution in [0.1, 0.15) is 35.8 Å². The third-order valence-electron chi connectivity index (χ3n) is 6.15. The molecule has 5 heterocycles. The predicted octanol–water partition coefficient (Wildman–Crippen LogP) is 1.73. The second-order valence-electron chi connectivity index (χ2n) is 8.39. The molecule has 0 radical (unpaired) electrons. The number of anilines is 2. The number of nitrogens with two attached hydrogens (primary N) is 1. The number of sulfone groups is 1. The van der Waals surface area contributed by atoms with Crippen molar-refractivity contribution in [2.45, 2.75) is 25.1 Å². The highest BCUT2D eigenvalue weighted by Gasteiger charge is 2.33. The first-order chi connectivity index (χ1) is 16.2. The molecule has 11 nitrogen and oxygen atoms in total. The molecule has 1 fully saturated rings.